The number of nitrogens with one attached hydrogen (secondary N) is 1. The Morgan fingerprint density at radius 1 is 1.03 bits per heavy atom. The lowest BCUT2D eigenvalue weighted by atomic mass is 9.74. The molecule has 29 heavy (non-hydrogen) atoms. The number of rotatable bonds is 6. The molecule has 148 valence electrons. The smallest absolute Gasteiger partial charge is 0.225 e. The maximum Gasteiger partial charge on any atom is 0.225 e. The van der Waals surface area contributed by atoms with Crippen molar-refractivity contribution in [2.75, 3.05) is 5.32 Å². The minimum atomic E-state index is -1.59. The van der Waals surface area contributed by atoms with E-state index in [0.717, 1.165) is 5.56 Å². The quantitative estimate of drug-likeness (QED) is 0.490. The van der Waals surface area contributed by atoms with Gasteiger partial charge >= 0.3 is 0 Å². The van der Waals surface area contributed by atoms with Crippen LogP contribution in [0.15, 0.2) is 67.5 Å². The van der Waals surface area contributed by atoms with Gasteiger partial charge in [0.1, 0.15) is 5.82 Å². The molecule has 2 N–H and O–H groups in total. The van der Waals surface area contributed by atoms with Crippen molar-refractivity contribution in [3.05, 3.63) is 84.6 Å². The first kappa shape index (κ1) is 18.9. The van der Waals surface area contributed by atoms with E-state index in [1.807, 2.05) is 13.8 Å². The van der Waals surface area contributed by atoms with E-state index in [2.05, 4.69) is 25.3 Å². The number of hydrogen-bond acceptors (Lipinski definition) is 6. The highest BCUT2D eigenvalue weighted by Gasteiger charge is 2.48. The van der Waals surface area contributed by atoms with Crippen LogP contribution in [0.5, 0.6) is 0 Å². The number of benzene rings is 1. The predicted molar refractivity (Wildman–Crippen MR) is 106 cm³/mol. The second-order valence-electron chi connectivity index (χ2n) is 7.54. The average molecular weight is 392 g/mol. The van der Waals surface area contributed by atoms with Crippen molar-refractivity contribution in [3.8, 4) is 0 Å². The van der Waals surface area contributed by atoms with Crippen LogP contribution in [0.2, 0.25) is 0 Å². The van der Waals surface area contributed by atoms with Gasteiger partial charge in [0.25, 0.3) is 0 Å². The van der Waals surface area contributed by atoms with Crippen LogP contribution in [0, 0.1) is 11.2 Å². The van der Waals surface area contributed by atoms with E-state index >= 15 is 0 Å². The summed E-state index contributed by atoms with van der Waals surface area (Å²) in [5.41, 5.74) is -0.336. The fraction of sp³-hybridized carbons (Fsp3) is 0.238. The zero-order valence-electron chi connectivity index (χ0n) is 16.1. The molecule has 3 aromatic heterocycles. The summed E-state index contributed by atoms with van der Waals surface area (Å²) in [6.07, 6.45) is 10.3. The Morgan fingerprint density at radius 2 is 1.76 bits per heavy atom. The fourth-order valence-electron chi connectivity index (χ4n) is 3.46. The van der Waals surface area contributed by atoms with Crippen molar-refractivity contribution in [2.45, 2.75) is 26.0 Å². The summed E-state index contributed by atoms with van der Waals surface area (Å²) < 4.78 is 15.1. The highest BCUT2D eigenvalue weighted by molar-refractivity contribution is 5.42. The number of halogens is 1. The standard InChI is InChI=1S/C21H21FN6O/c1-20(2,12-15-4-6-16(22)7-5-15)21(29,27-19-24-8-3-9-25-19)17-13-26-18-14-23-10-11-28(17)18/h3-11,13-14,29H,12H2,1-2H3,(H,24,25,27). The molecule has 0 aliphatic carbocycles. The molecule has 1 unspecified atom stereocenters. The zero-order chi connectivity index (χ0) is 20.5. The van der Waals surface area contributed by atoms with Crippen molar-refractivity contribution in [3.63, 3.8) is 0 Å². The van der Waals surface area contributed by atoms with Gasteiger partial charge in [0.15, 0.2) is 11.4 Å². The van der Waals surface area contributed by atoms with Gasteiger partial charge in [-0.3, -0.25) is 9.38 Å². The van der Waals surface area contributed by atoms with Gasteiger partial charge in [-0.25, -0.2) is 19.3 Å². The van der Waals surface area contributed by atoms with E-state index < -0.39 is 11.1 Å². The number of aliphatic hydroxyl groups is 1. The highest BCUT2D eigenvalue weighted by atomic mass is 19.1. The SMILES string of the molecule is CC(C)(Cc1ccc(F)cc1)C(O)(Nc1ncccn1)c1cnc2cnccn12. The Morgan fingerprint density at radius 3 is 2.48 bits per heavy atom. The first-order valence-electron chi connectivity index (χ1n) is 9.19. The molecular weight excluding hydrogens is 371 g/mol. The molecule has 7 nitrogen and oxygen atoms in total. The molecule has 8 heteroatoms. The average Bonchev–Trinajstić information content (AvgIpc) is 3.15. The van der Waals surface area contributed by atoms with Crippen LogP contribution in [0.25, 0.3) is 5.65 Å². The van der Waals surface area contributed by atoms with Crippen LogP contribution >= 0.6 is 0 Å². The van der Waals surface area contributed by atoms with Gasteiger partial charge in [-0.05, 0) is 30.2 Å². The van der Waals surface area contributed by atoms with Gasteiger partial charge in [0.2, 0.25) is 5.95 Å². The minimum absolute atomic E-state index is 0.284. The van der Waals surface area contributed by atoms with E-state index in [1.165, 1.54) is 12.1 Å². The second kappa shape index (κ2) is 7.21. The van der Waals surface area contributed by atoms with Crippen LogP contribution in [-0.4, -0.2) is 29.4 Å². The third-order valence-electron chi connectivity index (χ3n) is 5.09. The molecule has 0 radical (unpaired) electrons. The first-order valence-corrected chi connectivity index (χ1v) is 9.19. The van der Waals surface area contributed by atoms with Gasteiger partial charge in [-0.15, -0.1) is 0 Å². The normalized spacial score (nSPS) is 13.9. The van der Waals surface area contributed by atoms with E-state index in [1.54, 1.807) is 59.8 Å². The molecule has 0 aliphatic heterocycles. The summed E-state index contributed by atoms with van der Waals surface area (Å²) in [6, 6.07) is 7.97. The van der Waals surface area contributed by atoms with Gasteiger partial charge in [0, 0.05) is 30.2 Å². The Kier molecular flexibility index (Phi) is 4.71. The lowest BCUT2D eigenvalue weighted by Crippen LogP contribution is -2.50. The predicted octanol–water partition coefficient (Wildman–Crippen LogP) is 3.18. The van der Waals surface area contributed by atoms with Crippen molar-refractivity contribution >= 4 is 11.6 Å². The number of fused-ring (bicyclic) bond motifs is 1. The number of anilines is 1. The van der Waals surface area contributed by atoms with Crippen LogP contribution in [0.3, 0.4) is 0 Å². The summed E-state index contributed by atoms with van der Waals surface area (Å²) in [5.74, 6) is -0.0156. The van der Waals surface area contributed by atoms with Crippen molar-refractivity contribution in [1.29, 1.82) is 0 Å². The van der Waals surface area contributed by atoms with Crippen LogP contribution < -0.4 is 5.32 Å². The Balaban J connectivity index is 1.81. The second-order valence-corrected chi connectivity index (χ2v) is 7.54. The fourth-order valence-corrected chi connectivity index (χ4v) is 3.46. The maximum absolute atomic E-state index is 13.3. The number of hydrogen-bond donors (Lipinski definition) is 2. The number of aromatic nitrogens is 5. The van der Waals surface area contributed by atoms with Crippen molar-refractivity contribution < 1.29 is 9.50 Å². The Hall–Kier alpha value is -3.39. The summed E-state index contributed by atoms with van der Waals surface area (Å²) in [7, 11) is 0. The molecule has 0 saturated carbocycles. The summed E-state index contributed by atoms with van der Waals surface area (Å²) >= 11 is 0. The van der Waals surface area contributed by atoms with Gasteiger partial charge < -0.3 is 10.4 Å². The van der Waals surface area contributed by atoms with E-state index in [0.29, 0.717) is 17.8 Å². The maximum atomic E-state index is 13.3. The summed E-state index contributed by atoms with van der Waals surface area (Å²) in [5, 5.41) is 15.1. The van der Waals surface area contributed by atoms with Crippen molar-refractivity contribution in [1.82, 2.24) is 24.3 Å². The highest BCUT2D eigenvalue weighted by Crippen LogP contribution is 2.42. The van der Waals surface area contributed by atoms with Crippen LogP contribution in [-0.2, 0) is 12.1 Å². The van der Waals surface area contributed by atoms with Gasteiger partial charge in [0.05, 0.1) is 18.1 Å². The van der Waals surface area contributed by atoms with Crippen LogP contribution in [0.4, 0.5) is 10.3 Å². The van der Waals surface area contributed by atoms with Crippen LogP contribution in [0.1, 0.15) is 25.1 Å². The first-order chi connectivity index (χ1) is 13.9. The summed E-state index contributed by atoms with van der Waals surface area (Å²) in [6.45, 7) is 3.85. The molecule has 0 bridgehead atoms. The Labute approximate surface area is 167 Å². The molecule has 1 atom stereocenters. The largest absolute Gasteiger partial charge is 0.365 e. The molecule has 4 rings (SSSR count). The van der Waals surface area contributed by atoms with E-state index in [4.69, 9.17) is 0 Å². The summed E-state index contributed by atoms with van der Waals surface area (Å²) in [4.78, 5) is 16.9. The zero-order valence-corrected chi connectivity index (χ0v) is 16.1. The molecule has 3 heterocycles. The molecular formula is C21H21FN6O. The molecule has 0 spiro atoms. The van der Waals surface area contributed by atoms with E-state index in [-0.39, 0.29) is 11.8 Å². The van der Waals surface area contributed by atoms with Gasteiger partial charge in [-0.1, -0.05) is 26.0 Å². The van der Waals surface area contributed by atoms with E-state index in [9.17, 15) is 9.50 Å². The third-order valence-corrected chi connectivity index (χ3v) is 5.09. The molecule has 0 amide bonds. The Bertz CT molecular complexity index is 1110. The lowest BCUT2D eigenvalue weighted by molar-refractivity contribution is -0.0530. The monoisotopic (exact) mass is 392 g/mol. The number of imidazole rings is 1. The molecule has 0 saturated heterocycles. The van der Waals surface area contributed by atoms with Gasteiger partial charge in [-0.2, -0.15) is 0 Å². The minimum Gasteiger partial charge on any atom is -0.365 e. The molecule has 1 aromatic carbocycles. The molecule has 0 aliphatic rings. The lowest BCUT2D eigenvalue weighted by Gasteiger charge is -2.43. The molecule has 0 fully saturated rings. The topological polar surface area (TPSA) is 88.2 Å². The number of nitrogens with zero attached hydrogens (tertiary/aromatic N) is 5. The third kappa shape index (κ3) is 3.54. The van der Waals surface area contributed by atoms with Crippen molar-refractivity contribution in [2.24, 2.45) is 5.41 Å². The molecule has 4 aromatic rings.